The number of hydrogen-bond donors (Lipinski definition) is 3. The summed E-state index contributed by atoms with van der Waals surface area (Å²) in [6.07, 6.45) is 12.3. The van der Waals surface area contributed by atoms with Crippen molar-refractivity contribution in [3.05, 3.63) is 46.6 Å². The molecule has 0 aliphatic heterocycles. The lowest BCUT2D eigenvalue weighted by atomic mass is 9.62. The van der Waals surface area contributed by atoms with Crippen LogP contribution in [-0.4, -0.2) is 26.7 Å². The minimum Gasteiger partial charge on any atom is -0.329 e. The lowest BCUT2D eigenvalue weighted by Gasteiger charge is -2.44. The third-order valence-electron chi connectivity index (χ3n) is 6.24. The van der Waals surface area contributed by atoms with E-state index < -0.39 is 6.04 Å². The van der Waals surface area contributed by atoms with E-state index in [0.717, 1.165) is 0 Å². The quantitative estimate of drug-likeness (QED) is 0.695. The number of aromatic amines is 1. The average molecular weight is 369 g/mol. The van der Waals surface area contributed by atoms with E-state index in [1.54, 1.807) is 35.4 Å². The highest BCUT2D eigenvalue weighted by Gasteiger charge is 2.41. The molecule has 1 atom stereocenters. The monoisotopic (exact) mass is 369 g/mol. The summed E-state index contributed by atoms with van der Waals surface area (Å²) < 4.78 is 1.64. The van der Waals surface area contributed by atoms with Crippen LogP contribution < -0.4 is 16.6 Å². The van der Waals surface area contributed by atoms with Crippen molar-refractivity contribution in [1.29, 1.82) is 0 Å². The van der Waals surface area contributed by atoms with E-state index in [1.807, 2.05) is 0 Å². The predicted molar refractivity (Wildman–Crippen MR) is 103 cm³/mol. The number of nitrogens with zero attached hydrogens (tertiary/aromatic N) is 2. The van der Waals surface area contributed by atoms with Crippen molar-refractivity contribution < 1.29 is 4.79 Å². The Morgan fingerprint density at radius 3 is 2.59 bits per heavy atom. The normalized spacial score (nSPS) is 18.7. The number of carbonyl (C=O) groups excluding carboxylic acids is 1. The van der Waals surface area contributed by atoms with Gasteiger partial charge < -0.3 is 16.0 Å². The number of nitrogens with two attached hydrogens (primary N) is 1. The Morgan fingerprint density at radius 2 is 2.00 bits per heavy atom. The van der Waals surface area contributed by atoms with E-state index in [-0.39, 0.29) is 11.5 Å². The van der Waals surface area contributed by atoms with E-state index in [4.69, 9.17) is 5.73 Å². The van der Waals surface area contributed by atoms with Gasteiger partial charge in [-0.05, 0) is 23.8 Å². The van der Waals surface area contributed by atoms with Crippen molar-refractivity contribution in [2.45, 2.75) is 51.1 Å². The third-order valence-corrected chi connectivity index (χ3v) is 6.24. The molecule has 0 radical (unpaired) electrons. The first-order valence-electron chi connectivity index (χ1n) is 9.87. The Morgan fingerprint density at radius 1 is 1.30 bits per heavy atom. The Hall–Kier alpha value is -2.41. The Balaban J connectivity index is 1.39. The third kappa shape index (κ3) is 3.83. The van der Waals surface area contributed by atoms with Gasteiger partial charge in [-0.3, -0.25) is 14.3 Å². The zero-order valence-corrected chi connectivity index (χ0v) is 15.4. The van der Waals surface area contributed by atoms with Crippen LogP contribution in [0.3, 0.4) is 0 Å². The van der Waals surface area contributed by atoms with Crippen molar-refractivity contribution in [2.24, 2.45) is 23.5 Å². The minimum absolute atomic E-state index is 0.129. The topological polar surface area (TPSA) is 106 Å². The fourth-order valence-electron chi connectivity index (χ4n) is 4.29. The molecule has 7 nitrogen and oxygen atoms in total. The van der Waals surface area contributed by atoms with Crippen LogP contribution in [0.25, 0.3) is 0 Å². The van der Waals surface area contributed by atoms with Gasteiger partial charge in [0.25, 0.3) is 5.56 Å². The molecular weight excluding hydrogens is 342 g/mol. The second-order valence-electron chi connectivity index (χ2n) is 7.93. The van der Waals surface area contributed by atoms with Crippen LogP contribution in [0.15, 0.2) is 35.5 Å². The van der Waals surface area contributed by atoms with Crippen molar-refractivity contribution in [1.82, 2.24) is 14.8 Å². The molecule has 7 heteroatoms. The molecule has 0 aromatic carbocycles. The molecule has 0 spiro atoms. The fraction of sp³-hybridized carbons (Fsp3) is 0.550. The number of amides is 1. The summed E-state index contributed by atoms with van der Waals surface area (Å²) in [4.78, 5) is 27.2. The van der Waals surface area contributed by atoms with Crippen LogP contribution in [0.4, 0.5) is 5.69 Å². The first-order chi connectivity index (χ1) is 13.1. The van der Waals surface area contributed by atoms with Gasteiger partial charge in [0, 0.05) is 18.0 Å². The summed E-state index contributed by atoms with van der Waals surface area (Å²) in [5, 5.41) is 7.16. The van der Waals surface area contributed by atoms with E-state index >= 15 is 0 Å². The number of hydrogen-bond acceptors (Lipinski definition) is 4. The molecule has 2 aromatic rings. The van der Waals surface area contributed by atoms with E-state index in [2.05, 4.69) is 15.4 Å². The van der Waals surface area contributed by atoms with Crippen molar-refractivity contribution in [3.8, 4) is 0 Å². The maximum Gasteiger partial charge on any atom is 0.253 e. The molecule has 0 saturated heterocycles. The fourth-order valence-corrected chi connectivity index (χ4v) is 4.29. The molecule has 2 fully saturated rings. The van der Waals surface area contributed by atoms with Crippen LogP contribution in [0.5, 0.6) is 0 Å². The van der Waals surface area contributed by atoms with Crippen molar-refractivity contribution in [3.63, 3.8) is 0 Å². The zero-order chi connectivity index (χ0) is 18.8. The molecule has 4 N–H and O–H groups in total. The van der Waals surface area contributed by atoms with Gasteiger partial charge >= 0.3 is 0 Å². The number of nitrogens with one attached hydrogen (secondary N) is 2. The number of pyridine rings is 1. The number of aromatic nitrogens is 3. The van der Waals surface area contributed by atoms with Crippen LogP contribution >= 0.6 is 0 Å². The molecule has 2 heterocycles. The summed E-state index contributed by atoms with van der Waals surface area (Å²) in [5.74, 6) is 1.37. The van der Waals surface area contributed by atoms with Crippen LogP contribution in [0, 0.1) is 17.8 Å². The molecule has 2 aliphatic carbocycles. The summed E-state index contributed by atoms with van der Waals surface area (Å²) >= 11 is 0. The van der Waals surface area contributed by atoms with Gasteiger partial charge in [0.15, 0.2) is 0 Å². The lowest BCUT2D eigenvalue weighted by Crippen LogP contribution is -2.50. The molecule has 2 aromatic heterocycles. The van der Waals surface area contributed by atoms with Gasteiger partial charge in [-0.25, -0.2) is 0 Å². The van der Waals surface area contributed by atoms with Gasteiger partial charge in [0.05, 0.1) is 24.5 Å². The summed E-state index contributed by atoms with van der Waals surface area (Å²) in [7, 11) is 0. The Bertz CT molecular complexity index is 836. The van der Waals surface area contributed by atoms with E-state index in [1.165, 1.54) is 38.5 Å². The second kappa shape index (κ2) is 7.68. The molecule has 27 heavy (non-hydrogen) atoms. The number of anilines is 1. The highest BCUT2D eigenvalue weighted by Crippen LogP contribution is 2.45. The molecular formula is C20H27N5O2. The van der Waals surface area contributed by atoms with Crippen LogP contribution in [0.1, 0.15) is 44.1 Å². The molecule has 144 valence electrons. The Kier molecular flexibility index (Phi) is 5.11. The van der Waals surface area contributed by atoms with Crippen molar-refractivity contribution >= 4 is 11.6 Å². The van der Waals surface area contributed by atoms with Crippen molar-refractivity contribution in [2.75, 3.05) is 5.32 Å². The van der Waals surface area contributed by atoms with Gasteiger partial charge in [-0.1, -0.05) is 44.6 Å². The number of H-pyrrole nitrogens is 1. The van der Waals surface area contributed by atoms with Gasteiger partial charge in [-0.2, -0.15) is 5.10 Å². The SMILES string of the molecule is N[C@H](C(=O)Nc1cnn(Cc2ccc[nH]c2=O)c1)C(C1CCC1)C1CCC1. The largest absolute Gasteiger partial charge is 0.329 e. The highest BCUT2D eigenvalue weighted by molar-refractivity contribution is 5.94. The molecule has 1 amide bonds. The molecule has 0 unspecified atom stereocenters. The number of rotatable bonds is 7. The first kappa shape index (κ1) is 18.0. The number of carbonyl (C=O) groups is 1. The maximum absolute atomic E-state index is 12.7. The minimum atomic E-state index is -0.471. The predicted octanol–water partition coefficient (Wildman–Crippen LogP) is 2.10. The summed E-state index contributed by atoms with van der Waals surface area (Å²) in [6.45, 7) is 0.352. The Labute approximate surface area is 158 Å². The molecule has 2 aliphatic rings. The van der Waals surface area contributed by atoms with Crippen LogP contribution in [0.2, 0.25) is 0 Å². The summed E-state index contributed by atoms with van der Waals surface area (Å²) in [6, 6.07) is 3.07. The second-order valence-corrected chi connectivity index (χ2v) is 7.93. The van der Waals surface area contributed by atoms with E-state index in [9.17, 15) is 9.59 Å². The average Bonchev–Trinajstić information content (AvgIpc) is 2.99. The maximum atomic E-state index is 12.7. The lowest BCUT2D eigenvalue weighted by molar-refractivity contribution is -0.120. The van der Waals surface area contributed by atoms with Crippen LogP contribution in [-0.2, 0) is 11.3 Å². The van der Waals surface area contributed by atoms with Gasteiger partial charge in [0.2, 0.25) is 5.91 Å². The highest BCUT2D eigenvalue weighted by atomic mass is 16.2. The standard InChI is InChI=1S/C20H27N5O2/c21-18(17(13-4-1-5-13)14-6-2-7-14)20(27)24-16-10-23-25(12-16)11-15-8-3-9-22-19(15)26/h3,8-10,12-14,17-18H,1-2,4-7,11,21H2,(H,22,26)(H,24,27)/t18-/m0/s1. The molecule has 4 rings (SSSR count). The smallest absolute Gasteiger partial charge is 0.253 e. The van der Waals surface area contributed by atoms with Gasteiger partial charge in [-0.15, -0.1) is 0 Å². The molecule has 0 bridgehead atoms. The van der Waals surface area contributed by atoms with E-state index in [0.29, 0.717) is 35.5 Å². The summed E-state index contributed by atoms with van der Waals surface area (Å²) in [5.41, 5.74) is 7.49. The molecule has 2 saturated carbocycles. The first-order valence-corrected chi connectivity index (χ1v) is 9.87. The van der Waals surface area contributed by atoms with Gasteiger partial charge in [0.1, 0.15) is 0 Å². The zero-order valence-electron chi connectivity index (χ0n) is 15.4.